The van der Waals surface area contributed by atoms with Crippen molar-refractivity contribution in [2.45, 2.75) is 47.1 Å². The van der Waals surface area contributed by atoms with Gasteiger partial charge in [-0.1, -0.05) is 22.6 Å². The lowest BCUT2D eigenvalue weighted by atomic mass is 9.93. The summed E-state index contributed by atoms with van der Waals surface area (Å²) in [6.07, 6.45) is 0.215. The first-order chi connectivity index (χ1) is 6.99. The molecule has 0 aromatic carbocycles. The first-order valence-electron chi connectivity index (χ1n) is 4.95. The van der Waals surface area contributed by atoms with Gasteiger partial charge in [0.1, 0.15) is 15.5 Å². The molecular weight excluding hydrogens is 333 g/mol. The van der Waals surface area contributed by atoms with Crippen LogP contribution in [0.1, 0.15) is 13.3 Å². The minimum atomic E-state index is -3.16. The Kier molecular flexibility index (Phi) is 2.34. The fourth-order valence-electron chi connectivity index (χ4n) is 2.76. The molecule has 0 aliphatic carbocycles. The third-order valence-corrected chi connectivity index (χ3v) is 5.43. The molecule has 3 saturated heterocycles. The van der Waals surface area contributed by atoms with Crippen molar-refractivity contribution in [2.24, 2.45) is 0 Å². The highest BCUT2D eigenvalue weighted by Gasteiger charge is 2.64. The second-order valence-electron chi connectivity index (χ2n) is 4.25. The lowest BCUT2D eigenvalue weighted by Gasteiger charge is -2.24. The van der Waals surface area contributed by atoms with Gasteiger partial charge in [-0.3, -0.25) is 0 Å². The predicted molar refractivity (Wildman–Crippen MR) is 61.3 cm³/mol. The fourth-order valence-corrected chi connectivity index (χ4v) is 4.95. The van der Waals surface area contributed by atoms with E-state index in [4.69, 9.17) is 9.47 Å². The number of halogens is 1. The molecule has 0 radical (unpaired) electrons. The van der Waals surface area contributed by atoms with Crippen LogP contribution in [0.5, 0.6) is 0 Å². The van der Waals surface area contributed by atoms with Crippen LogP contribution in [0, 0.1) is 0 Å². The number of nitrogens with one attached hydrogen (secondary N) is 1. The zero-order valence-corrected chi connectivity index (χ0v) is 11.1. The molecule has 2 bridgehead atoms. The van der Waals surface area contributed by atoms with Crippen LogP contribution in [-0.2, 0) is 19.5 Å². The van der Waals surface area contributed by atoms with Crippen LogP contribution in [0.3, 0.4) is 0 Å². The second kappa shape index (κ2) is 3.28. The van der Waals surface area contributed by atoms with Gasteiger partial charge in [0.25, 0.3) is 0 Å². The van der Waals surface area contributed by atoms with Crippen LogP contribution in [0.25, 0.3) is 0 Å². The topological polar surface area (TPSA) is 64.6 Å². The molecule has 0 amide bonds. The molecule has 3 rings (SSSR count). The SMILES string of the molecule is CC(I)OC1C2CC3C(O2)C1NS3(=O)=O. The minimum absolute atomic E-state index is 0.0491. The molecule has 3 fully saturated rings. The first kappa shape index (κ1) is 10.7. The molecule has 5 nitrogen and oxygen atoms in total. The summed E-state index contributed by atoms with van der Waals surface area (Å²) in [5.41, 5.74) is 0. The summed E-state index contributed by atoms with van der Waals surface area (Å²) < 4.78 is 37.4. The molecule has 3 aliphatic heterocycles. The van der Waals surface area contributed by atoms with Crippen molar-refractivity contribution >= 4 is 32.6 Å². The van der Waals surface area contributed by atoms with Crippen molar-refractivity contribution in [3.05, 3.63) is 0 Å². The number of rotatable bonds is 2. The summed E-state index contributed by atoms with van der Waals surface area (Å²) in [6, 6.07) is -0.170. The predicted octanol–water partition coefficient (Wildman–Crippen LogP) is -0.00610. The number of fused-ring (bicyclic) bond motifs is 1. The summed E-state index contributed by atoms with van der Waals surface area (Å²) in [7, 11) is -3.16. The number of sulfonamides is 1. The molecule has 6 unspecified atom stereocenters. The molecule has 3 aliphatic rings. The average Bonchev–Trinajstić information content (AvgIpc) is 2.67. The summed E-state index contributed by atoms with van der Waals surface area (Å²) in [6.45, 7) is 1.94. The van der Waals surface area contributed by atoms with Crippen molar-refractivity contribution in [3.8, 4) is 0 Å². The van der Waals surface area contributed by atoms with Gasteiger partial charge in [0.2, 0.25) is 10.0 Å². The fraction of sp³-hybridized carbons (Fsp3) is 1.00. The molecule has 3 heterocycles. The van der Waals surface area contributed by atoms with Gasteiger partial charge in [-0.15, -0.1) is 0 Å². The molecule has 1 N–H and O–H groups in total. The Balaban J connectivity index is 1.88. The van der Waals surface area contributed by atoms with Gasteiger partial charge in [-0.25, -0.2) is 13.1 Å². The van der Waals surface area contributed by atoms with E-state index in [9.17, 15) is 8.42 Å². The van der Waals surface area contributed by atoms with Crippen molar-refractivity contribution < 1.29 is 17.9 Å². The van der Waals surface area contributed by atoms with E-state index >= 15 is 0 Å². The summed E-state index contributed by atoms with van der Waals surface area (Å²) in [5.74, 6) is 0. The van der Waals surface area contributed by atoms with E-state index in [2.05, 4.69) is 27.3 Å². The normalized spacial score (nSPS) is 52.3. The standard InChI is InChI=1S/C8H12INO4S/c1-3(9)13-7-4-2-5-8(14-4)6(7)10-15(5,11)12/h3-8,10H,2H2,1H3. The smallest absolute Gasteiger partial charge is 0.217 e. The number of hydrogen-bond donors (Lipinski definition) is 1. The highest BCUT2D eigenvalue weighted by molar-refractivity contribution is 14.1. The maximum Gasteiger partial charge on any atom is 0.217 e. The first-order valence-corrected chi connectivity index (χ1v) is 7.74. The van der Waals surface area contributed by atoms with Crippen LogP contribution in [0.15, 0.2) is 0 Å². The molecule has 86 valence electrons. The van der Waals surface area contributed by atoms with Gasteiger partial charge in [0.05, 0.1) is 18.2 Å². The Morgan fingerprint density at radius 2 is 2.33 bits per heavy atom. The lowest BCUT2D eigenvalue weighted by Crippen LogP contribution is -2.44. The van der Waals surface area contributed by atoms with Crippen LogP contribution < -0.4 is 4.72 Å². The van der Waals surface area contributed by atoms with E-state index in [1.807, 2.05) is 6.92 Å². The highest BCUT2D eigenvalue weighted by atomic mass is 127. The van der Waals surface area contributed by atoms with Crippen molar-refractivity contribution in [3.63, 3.8) is 0 Å². The van der Waals surface area contributed by atoms with E-state index in [0.29, 0.717) is 6.42 Å². The minimum Gasteiger partial charge on any atom is -0.369 e. The zero-order chi connectivity index (χ0) is 10.8. The molecule has 0 aromatic heterocycles. The quantitative estimate of drug-likeness (QED) is 0.565. The molecule has 6 atom stereocenters. The van der Waals surface area contributed by atoms with E-state index < -0.39 is 10.0 Å². The van der Waals surface area contributed by atoms with Crippen LogP contribution in [-0.4, -0.2) is 42.1 Å². The van der Waals surface area contributed by atoms with Gasteiger partial charge in [0, 0.05) is 0 Å². The van der Waals surface area contributed by atoms with Crippen molar-refractivity contribution in [1.29, 1.82) is 0 Å². The molecule has 0 saturated carbocycles. The molecule has 7 heteroatoms. The molecule has 0 aromatic rings. The van der Waals surface area contributed by atoms with E-state index in [1.54, 1.807) is 0 Å². The van der Waals surface area contributed by atoms with Gasteiger partial charge < -0.3 is 9.47 Å². The third-order valence-electron chi connectivity index (χ3n) is 3.28. The number of ether oxygens (including phenoxy) is 2. The van der Waals surface area contributed by atoms with Crippen LogP contribution in [0.4, 0.5) is 0 Å². The maximum absolute atomic E-state index is 11.7. The van der Waals surface area contributed by atoms with Gasteiger partial charge in [-0.05, 0) is 13.3 Å². The lowest BCUT2D eigenvalue weighted by molar-refractivity contribution is -0.00595. The second-order valence-corrected chi connectivity index (χ2v) is 7.93. The van der Waals surface area contributed by atoms with Crippen LogP contribution >= 0.6 is 22.6 Å². The van der Waals surface area contributed by atoms with Crippen molar-refractivity contribution in [2.75, 3.05) is 0 Å². The van der Waals surface area contributed by atoms with Gasteiger partial charge in [0.15, 0.2) is 0 Å². The van der Waals surface area contributed by atoms with E-state index in [1.165, 1.54) is 0 Å². The zero-order valence-electron chi connectivity index (χ0n) is 8.09. The largest absolute Gasteiger partial charge is 0.369 e. The average molecular weight is 345 g/mol. The highest BCUT2D eigenvalue weighted by Crippen LogP contribution is 2.44. The van der Waals surface area contributed by atoms with Crippen molar-refractivity contribution in [1.82, 2.24) is 4.72 Å². The van der Waals surface area contributed by atoms with Gasteiger partial charge >= 0.3 is 0 Å². The number of hydrogen-bond acceptors (Lipinski definition) is 4. The Morgan fingerprint density at radius 1 is 1.60 bits per heavy atom. The Hall–Kier alpha value is 0.560. The molecular formula is C8H12INO4S. The molecule has 15 heavy (non-hydrogen) atoms. The Labute approximate surface area is 102 Å². The van der Waals surface area contributed by atoms with E-state index in [-0.39, 0.29) is 33.7 Å². The Morgan fingerprint density at radius 3 is 3.00 bits per heavy atom. The third kappa shape index (κ3) is 1.47. The Bertz CT molecular complexity index is 384. The summed E-state index contributed by atoms with van der Waals surface area (Å²) in [5, 5.41) is -0.350. The summed E-state index contributed by atoms with van der Waals surface area (Å²) in [4.78, 5) is 0. The summed E-state index contributed by atoms with van der Waals surface area (Å²) >= 11 is 2.17. The van der Waals surface area contributed by atoms with E-state index in [0.717, 1.165) is 0 Å². The van der Waals surface area contributed by atoms with Gasteiger partial charge in [-0.2, -0.15) is 0 Å². The number of alkyl halides is 1. The van der Waals surface area contributed by atoms with Crippen LogP contribution in [0.2, 0.25) is 0 Å². The monoisotopic (exact) mass is 345 g/mol. The molecule has 0 spiro atoms. The maximum atomic E-state index is 11.7.